The van der Waals surface area contributed by atoms with Crippen molar-refractivity contribution in [1.29, 1.82) is 0 Å². The first-order valence-electron chi connectivity index (χ1n) is 5.78. The van der Waals surface area contributed by atoms with E-state index >= 15 is 0 Å². The molecular weight excluding hydrogens is 312 g/mol. The zero-order chi connectivity index (χ0) is 12.5. The molecule has 1 saturated heterocycles. The Balaban J connectivity index is 1.89. The third kappa shape index (κ3) is 2.18. The minimum absolute atomic E-state index is 0.594. The van der Waals surface area contributed by atoms with Gasteiger partial charge in [0, 0.05) is 30.0 Å². The molecule has 0 spiro atoms. The number of benzene rings is 1. The molecule has 2 aromatic rings. The minimum Gasteiger partial charge on any atom is -0.496 e. The zero-order valence-corrected chi connectivity index (χ0v) is 12.3. The molecule has 0 unspecified atom stereocenters. The molecule has 0 aliphatic carbocycles. The van der Waals surface area contributed by atoms with Crippen molar-refractivity contribution < 1.29 is 4.74 Å². The number of aromatic nitrogens is 1. The van der Waals surface area contributed by atoms with Crippen LogP contribution in [-0.4, -0.2) is 25.2 Å². The summed E-state index contributed by atoms with van der Waals surface area (Å²) in [6.45, 7) is 2.10. The maximum absolute atomic E-state index is 5.23. The van der Waals surface area contributed by atoms with Crippen LogP contribution in [0.4, 0.5) is 0 Å². The second-order valence-electron chi connectivity index (χ2n) is 4.28. The SMILES string of the molecule is COc1ccc(-c2nc(C3CNC3)cs2)cc1Br. The summed E-state index contributed by atoms with van der Waals surface area (Å²) in [5.74, 6) is 1.44. The first-order chi connectivity index (χ1) is 8.78. The van der Waals surface area contributed by atoms with Crippen LogP contribution in [0.3, 0.4) is 0 Å². The van der Waals surface area contributed by atoms with Crippen molar-refractivity contribution in [2.45, 2.75) is 5.92 Å². The van der Waals surface area contributed by atoms with E-state index in [1.54, 1.807) is 18.4 Å². The Morgan fingerprint density at radius 3 is 2.89 bits per heavy atom. The molecule has 0 radical (unpaired) electrons. The summed E-state index contributed by atoms with van der Waals surface area (Å²) in [6, 6.07) is 6.07. The van der Waals surface area contributed by atoms with Gasteiger partial charge in [0.05, 0.1) is 17.3 Å². The number of hydrogen-bond donors (Lipinski definition) is 1. The zero-order valence-electron chi connectivity index (χ0n) is 9.94. The number of nitrogens with zero attached hydrogens (tertiary/aromatic N) is 1. The lowest BCUT2D eigenvalue weighted by atomic mass is 10.0. The normalized spacial score (nSPS) is 15.4. The molecule has 94 valence electrons. The Morgan fingerprint density at radius 1 is 1.44 bits per heavy atom. The molecule has 1 aliphatic heterocycles. The number of halogens is 1. The molecule has 5 heteroatoms. The van der Waals surface area contributed by atoms with Crippen molar-refractivity contribution in [3.05, 3.63) is 33.7 Å². The molecule has 1 aromatic heterocycles. The van der Waals surface area contributed by atoms with Crippen LogP contribution in [0.15, 0.2) is 28.1 Å². The van der Waals surface area contributed by atoms with Gasteiger partial charge in [-0.05, 0) is 34.1 Å². The van der Waals surface area contributed by atoms with Crippen LogP contribution in [-0.2, 0) is 0 Å². The van der Waals surface area contributed by atoms with Crippen molar-refractivity contribution in [3.63, 3.8) is 0 Å². The van der Waals surface area contributed by atoms with Crippen LogP contribution >= 0.6 is 27.3 Å². The molecule has 1 N–H and O–H groups in total. The molecule has 0 saturated carbocycles. The van der Waals surface area contributed by atoms with Gasteiger partial charge in [0.2, 0.25) is 0 Å². The van der Waals surface area contributed by atoms with Crippen molar-refractivity contribution in [2.24, 2.45) is 0 Å². The maximum atomic E-state index is 5.23. The molecule has 0 amide bonds. The van der Waals surface area contributed by atoms with Crippen LogP contribution in [0, 0.1) is 0 Å². The van der Waals surface area contributed by atoms with Gasteiger partial charge in [-0.2, -0.15) is 0 Å². The summed E-state index contributed by atoms with van der Waals surface area (Å²) in [4.78, 5) is 4.72. The fourth-order valence-electron chi connectivity index (χ4n) is 1.90. The van der Waals surface area contributed by atoms with Crippen molar-refractivity contribution in [3.8, 4) is 16.3 Å². The van der Waals surface area contributed by atoms with E-state index in [9.17, 15) is 0 Å². The molecule has 2 heterocycles. The highest BCUT2D eigenvalue weighted by atomic mass is 79.9. The van der Waals surface area contributed by atoms with Gasteiger partial charge in [-0.25, -0.2) is 4.98 Å². The number of nitrogens with one attached hydrogen (secondary N) is 1. The quantitative estimate of drug-likeness (QED) is 0.940. The summed E-state index contributed by atoms with van der Waals surface area (Å²) >= 11 is 5.21. The first-order valence-corrected chi connectivity index (χ1v) is 7.45. The van der Waals surface area contributed by atoms with E-state index in [4.69, 9.17) is 9.72 Å². The van der Waals surface area contributed by atoms with E-state index in [1.165, 1.54) is 5.69 Å². The van der Waals surface area contributed by atoms with Gasteiger partial charge < -0.3 is 10.1 Å². The average molecular weight is 325 g/mol. The standard InChI is InChI=1S/C13H13BrN2OS/c1-17-12-3-2-8(4-10(12)14)13-16-11(7-18-13)9-5-15-6-9/h2-4,7,9,15H,5-6H2,1H3. The third-order valence-electron chi connectivity index (χ3n) is 3.12. The Bertz CT molecular complexity index is 566. The van der Waals surface area contributed by atoms with E-state index in [0.29, 0.717) is 5.92 Å². The monoisotopic (exact) mass is 324 g/mol. The van der Waals surface area contributed by atoms with Crippen LogP contribution in [0.1, 0.15) is 11.6 Å². The number of thiazole rings is 1. The average Bonchev–Trinajstić information content (AvgIpc) is 2.76. The maximum Gasteiger partial charge on any atom is 0.133 e. The summed E-state index contributed by atoms with van der Waals surface area (Å²) in [7, 11) is 1.67. The lowest BCUT2D eigenvalue weighted by molar-refractivity contribution is 0.412. The summed E-state index contributed by atoms with van der Waals surface area (Å²) in [5.41, 5.74) is 2.34. The van der Waals surface area contributed by atoms with Crippen molar-refractivity contribution >= 4 is 27.3 Å². The lowest BCUT2D eigenvalue weighted by Crippen LogP contribution is -2.40. The second-order valence-corrected chi connectivity index (χ2v) is 5.99. The van der Waals surface area contributed by atoms with E-state index < -0.39 is 0 Å². The van der Waals surface area contributed by atoms with Gasteiger partial charge in [0.1, 0.15) is 10.8 Å². The van der Waals surface area contributed by atoms with Crippen LogP contribution in [0.5, 0.6) is 5.75 Å². The molecule has 1 fully saturated rings. The number of rotatable bonds is 3. The number of methoxy groups -OCH3 is 1. The van der Waals surface area contributed by atoms with Gasteiger partial charge in [-0.3, -0.25) is 0 Å². The predicted octanol–water partition coefficient (Wildman–Crippen LogP) is 3.27. The highest BCUT2D eigenvalue weighted by Crippen LogP contribution is 2.33. The largest absolute Gasteiger partial charge is 0.496 e. The topological polar surface area (TPSA) is 34.1 Å². The van der Waals surface area contributed by atoms with Gasteiger partial charge in [-0.1, -0.05) is 0 Å². The molecular formula is C13H13BrN2OS. The van der Waals surface area contributed by atoms with Gasteiger partial charge in [0.25, 0.3) is 0 Å². The third-order valence-corrected chi connectivity index (χ3v) is 4.65. The highest BCUT2D eigenvalue weighted by Gasteiger charge is 2.21. The molecule has 0 bridgehead atoms. The number of ether oxygens (including phenoxy) is 1. The smallest absolute Gasteiger partial charge is 0.133 e. The van der Waals surface area contributed by atoms with Gasteiger partial charge in [-0.15, -0.1) is 11.3 Å². The minimum atomic E-state index is 0.594. The molecule has 3 nitrogen and oxygen atoms in total. The molecule has 0 atom stereocenters. The molecule has 1 aliphatic rings. The molecule has 18 heavy (non-hydrogen) atoms. The fraction of sp³-hybridized carbons (Fsp3) is 0.308. The van der Waals surface area contributed by atoms with Crippen LogP contribution in [0.2, 0.25) is 0 Å². The Labute approximate surface area is 118 Å². The molecule has 3 rings (SSSR count). The highest BCUT2D eigenvalue weighted by molar-refractivity contribution is 9.10. The van der Waals surface area contributed by atoms with E-state index in [2.05, 4.69) is 32.7 Å². The Hall–Kier alpha value is -0.910. The summed E-state index contributed by atoms with van der Waals surface area (Å²) in [5, 5.41) is 6.51. The fourth-order valence-corrected chi connectivity index (χ4v) is 3.34. The van der Waals surface area contributed by atoms with Crippen LogP contribution in [0.25, 0.3) is 10.6 Å². The molecule has 1 aromatic carbocycles. The predicted molar refractivity (Wildman–Crippen MR) is 77.4 cm³/mol. The summed E-state index contributed by atoms with van der Waals surface area (Å²) in [6.07, 6.45) is 0. The lowest BCUT2D eigenvalue weighted by Gasteiger charge is -2.25. The van der Waals surface area contributed by atoms with Crippen LogP contribution < -0.4 is 10.1 Å². The second kappa shape index (κ2) is 4.99. The van der Waals surface area contributed by atoms with E-state index in [0.717, 1.165) is 33.9 Å². The Morgan fingerprint density at radius 2 is 2.28 bits per heavy atom. The van der Waals surface area contributed by atoms with Gasteiger partial charge >= 0.3 is 0 Å². The van der Waals surface area contributed by atoms with Gasteiger partial charge in [0.15, 0.2) is 0 Å². The van der Waals surface area contributed by atoms with E-state index in [1.807, 2.05) is 12.1 Å². The van der Waals surface area contributed by atoms with Crippen molar-refractivity contribution in [2.75, 3.05) is 20.2 Å². The number of hydrogen-bond acceptors (Lipinski definition) is 4. The Kier molecular flexibility index (Phi) is 3.37. The van der Waals surface area contributed by atoms with E-state index in [-0.39, 0.29) is 0 Å². The first kappa shape index (κ1) is 12.1. The summed E-state index contributed by atoms with van der Waals surface area (Å²) < 4.78 is 6.20. The van der Waals surface area contributed by atoms with Crippen molar-refractivity contribution in [1.82, 2.24) is 10.3 Å².